The predicted octanol–water partition coefficient (Wildman–Crippen LogP) is 2.01. The van der Waals surface area contributed by atoms with Gasteiger partial charge in [-0.15, -0.1) is 0 Å². The Kier molecular flexibility index (Phi) is 3.97. The van der Waals surface area contributed by atoms with Crippen LogP contribution in [0, 0.1) is 15.9 Å². The second-order valence-electron chi connectivity index (χ2n) is 3.36. The van der Waals surface area contributed by atoms with Crippen LogP contribution in [0.3, 0.4) is 0 Å². The number of carboxylic acids is 1. The summed E-state index contributed by atoms with van der Waals surface area (Å²) in [6, 6.07) is 1.99. The molecule has 17 heavy (non-hydrogen) atoms. The average molecular weight is 242 g/mol. The highest BCUT2D eigenvalue weighted by molar-refractivity contribution is 5.78. The van der Waals surface area contributed by atoms with Crippen molar-refractivity contribution in [3.63, 3.8) is 0 Å². The molecule has 0 aromatic heterocycles. The summed E-state index contributed by atoms with van der Waals surface area (Å²) in [5.74, 6) is -1.86. The zero-order valence-electron chi connectivity index (χ0n) is 9.01. The van der Waals surface area contributed by atoms with Crippen LogP contribution in [-0.4, -0.2) is 22.0 Å². The highest BCUT2D eigenvalue weighted by Crippen LogP contribution is 2.25. The van der Waals surface area contributed by atoms with Crippen LogP contribution in [0.5, 0.6) is 0 Å². The lowest BCUT2D eigenvalue weighted by atomic mass is 10.2. The summed E-state index contributed by atoms with van der Waals surface area (Å²) in [5.41, 5.74) is -0.490. The smallest absolute Gasteiger partial charge is 0.326 e. The standard InChI is InChI=1S/C10H11FN2O4/c1-2-7(10(14)15)12-8-4-3-6(11)5-9(8)13(16)17/h3-5,7,12H,2H2,1H3,(H,14,15). The van der Waals surface area contributed by atoms with E-state index in [9.17, 15) is 19.3 Å². The molecule has 0 saturated carbocycles. The molecule has 0 fully saturated rings. The number of aliphatic carboxylic acids is 1. The molecule has 0 heterocycles. The molecule has 0 amide bonds. The van der Waals surface area contributed by atoms with Crippen LogP contribution in [0.15, 0.2) is 18.2 Å². The van der Waals surface area contributed by atoms with E-state index in [-0.39, 0.29) is 12.1 Å². The summed E-state index contributed by atoms with van der Waals surface area (Å²) in [7, 11) is 0. The van der Waals surface area contributed by atoms with Gasteiger partial charge in [0.15, 0.2) is 0 Å². The van der Waals surface area contributed by atoms with Crippen molar-refractivity contribution in [3.8, 4) is 0 Å². The lowest BCUT2D eigenvalue weighted by Crippen LogP contribution is -2.28. The topological polar surface area (TPSA) is 92.5 Å². The van der Waals surface area contributed by atoms with E-state index in [2.05, 4.69) is 5.32 Å². The molecule has 0 bridgehead atoms. The van der Waals surface area contributed by atoms with Gasteiger partial charge in [-0.2, -0.15) is 0 Å². The van der Waals surface area contributed by atoms with Gasteiger partial charge in [-0.1, -0.05) is 6.92 Å². The van der Waals surface area contributed by atoms with Crippen molar-refractivity contribution >= 4 is 17.3 Å². The Labute approximate surface area is 96.2 Å². The number of nitro benzene ring substituents is 1. The molecule has 0 aliphatic heterocycles. The van der Waals surface area contributed by atoms with E-state index in [1.165, 1.54) is 0 Å². The van der Waals surface area contributed by atoms with Crippen molar-refractivity contribution in [1.29, 1.82) is 0 Å². The summed E-state index contributed by atoms with van der Waals surface area (Å²) in [4.78, 5) is 20.7. The number of nitro groups is 1. The second kappa shape index (κ2) is 5.24. The van der Waals surface area contributed by atoms with E-state index < -0.39 is 28.4 Å². The van der Waals surface area contributed by atoms with Gasteiger partial charge >= 0.3 is 5.97 Å². The van der Waals surface area contributed by atoms with Gasteiger partial charge in [0.2, 0.25) is 0 Å². The Balaban J connectivity index is 3.05. The van der Waals surface area contributed by atoms with Crippen LogP contribution < -0.4 is 5.32 Å². The molecule has 1 aromatic carbocycles. The van der Waals surface area contributed by atoms with Gasteiger partial charge < -0.3 is 10.4 Å². The van der Waals surface area contributed by atoms with Crippen LogP contribution in [-0.2, 0) is 4.79 Å². The number of nitrogens with zero attached hydrogens (tertiary/aromatic N) is 1. The van der Waals surface area contributed by atoms with Crippen LogP contribution in [0.25, 0.3) is 0 Å². The fourth-order valence-corrected chi connectivity index (χ4v) is 1.30. The first-order chi connectivity index (χ1) is 7.95. The molecule has 1 unspecified atom stereocenters. The van der Waals surface area contributed by atoms with E-state index in [1.54, 1.807) is 6.92 Å². The van der Waals surface area contributed by atoms with Crippen molar-refractivity contribution in [2.24, 2.45) is 0 Å². The molecule has 2 N–H and O–H groups in total. The zero-order chi connectivity index (χ0) is 13.0. The first kappa shape index (κ1) is 12.9. The third kappa shape index (κ3) is 3.13. The maximum atomic E-state index is 12.8. The highest BCUT2D eigenvalue weighted by Gasteiger charge is 2.20. The summed E-state index contributed by atoms with van der Waals surface area (Å²) in [6.45, 7) is 1.63. The van der Waals surface area contributed by atoms with Crippen LogP contribution in [0.4, 0.5) is 15.8 Å². The monoisotopic (exact) mass is 242 g/mol. The number of carboxylic acid groups (broad SMARTS) is 1. The average Bonchev–Trinajstić information content (AvgIpc) is 2.26. The number of nitrogens with one attached hydrogen (secondary N) is 1. The molecule has 6 nitrogen and oxygen atoms in total. The third-order valence-corrected chi connectivity index (χ3v) is 2.19. The number of carbonyl (C=O) groups is 1. The molecule has 92 valence electrons. The van der Waals surface area contributed by atoms with Gasteiger partial charge in [0, 0.05) is 0 Å². The predicted molar refractivity (Wildman–Crippen MR) is 58.4 cm³/mol. The van der Waals surface area contributed by atoms with E-state index in [1.807, 2.05) is 0 Å². The molecule has 1 atom stereocenters. The maximum Gasteiger partial charge on any atom is 0.326 e. The van der Waals surface area contributed by atoms with Crippen molar-refractivity contribution in [2.75, 3.05) is 5.32 Å². The van der Waals surface area contributed by atoms with E-state index >= 15 is 0 Å². The van der Waals surface area contributed by atoms with Crippen molar-refractivity contribution in [1.82, 2.24) is 0 Å². The number of halogens is 1. The quantitative estimate of drug-likeness (QED) is 0.608. The van der Waals surface area contributed by atoms with Gasteiger partial charge in [-0.25, -0.2) is 9.18 Å². The molecular formula is C10H11FN2O4. The minimum Gasteiger partial charge on any atom is -0.480 e. The number of hydrogen-bond acceptors (Lipinski definition) is 4. The molecule has 1 aromatic rings. The van der Waals surface area contributed by atoms with E-state index in [0.29, 0.717) is 0 Å². The first-order valence-corrected chi connectivity index (χ1v) is 4.89. The van der Waals surface area contributed by atoms with E-state index in [4.69, 9.17) is 5.11 Å². The Morgan fingerprint density at radius 1 is 1.65 bits per heavy atom. The van der Waals surface area contributed by atoms with Crippen molar-refractivity contribution < 1.29 is 19.2 Å². The number of anilines is 1. The molecule has 0 aliphatic rings. The van der Waals surface area contributed by atoms with Gasteiger partial charge in [0.25, 0.3) is 5.69 Å². The fraction of sp³-hybridized carbons (Fsp3) is 0.300. The lowest BCUT2D eigenvalue weighted by molar-refractivity contribution is -0.384. The van der Waals surface area contributed by atoms with Crippen LogP contribution in [0.1, 0.15) is 13.3 Å². The normalized spacial score (nSPS) is 11.9. The molecular weight excluding hydrogens is 231 g/mol. The Hall–Kier alpha value is -2.18. The van der Waals surface area contributed by atoms with Gasteiger partial charge in [-0.3, -0.25) is 10.1 Å². The fourth-order valence-electron chi connectivity index (χ4n) is 1.30. The SMILES string of the molecule is CCC(Nc1ccc(F)cc1[N+](=O)[O-])C(=O)O. The molecule has 7 heteroatoms. The summed E-state index contributed by atoms with van der Waals surface area (Å²) in [6.07, 6.45) is 0.254. The minimum atomic E-state index is -1.12. The third-order valence-electron chi connectivity index (χ3n) is 2.19. The number of rotatable bonds is 5. The number of benzene rings is 1. The Bertz CT molecular complexity index is 450. The maximum absolute atomic E-state index is 12.8. The minimum absolute atomic E-state index is 0.00866. The Morgan fingerprint density at radius 2 is 2.29 bits per heavy atom. The van der Waals surface area contributed by atoms with E-state index in [0.717, 1.165) is 18.2 Å². The molecule has 0 radical (unpaired) electrons. The van der Waals surface area contributed by atoms with Crippen molar-refractivity contribution in [2.45, 2.75) is 19.4 Å². The first-order valence-electron chi connectivity index (χ1n) is 4.89. The summed E-state index contributed by atoms with van der Waals surface area (Å²) < 4.78 is 12.8. The molecule has 1 rings (SSSR count). The van der Waals surface area contributed by atoms with Gasteiger partial charge in [0.1, 0.15) is 17.5 Å². The number of hydrogen-bond donors (Lipinski definition) is 2. The highest BCUT2D eigenvalue weighted by atomic mass is 19.1. The lowest BCUT2D eigenvalue weighted by Gasteiger charge is -2.13. The molecule has 0 saturated heterocycles. The second-order valence-corrected chi connectivity index (χ2v) is 3.36. The zero-order valence-corrected chi connectivity index (χ0v) is 9.01. The molecule has 0 aliphatic carbocycles. The summed E-state index contributed by atoms with van der Waals surface area (Å²) >= 11 is 0. The molecule has 0 spiro atoms. The van der Waals surface area contributed by atoms with Crippen LogP contribution in [0.2, 0.25) is 0 Å². The van der Waals surface area contributed by atoms with Crippen molar-refractivity contribution in [3.05, 3.63) is 34.1 Å². The Morgan fingerprint density at radius 3 is 2.76 bits per heavy atom. The largest absolute Gasteiger partial charge is 0.480 e. The van der Waals surface area contributed by atoms with Crippen LogP contribution >= 0.6 is 0 Å². The van der Waals surface area contributed by atoms with Gasteiger partial charge in [0.05, 0.1) is 11.0 Å². The summed E-state index contributed by atoms with van der Waals surface area (Å²) in [5, 5.41) is 22.0. The van der Waals surface area contributed by atoms with Gasteiger partial charge in [-0.05, 0) is 18.6 Å².